The van der Waals surface area contributed by atoms with Crippen LogP contribution in [0.4, 0.5) is 0 Å². The fraction of sp³-hybridized carbons (Fsp3) is 0.250. The number of carbonyl (C=O) groups is 1. The molecule has 0 bridgehead atoms. The topological polar surface area (TPSA) is 80.9 Å². The number of imidazole rings is 1. The molecule has 0 saturated carbocycles. The Hall–Kier alpha value is -3.72. The molecule has 0 atom stereocenters. The molecule has 4 heterocycles. The average Bonchev–Trinajstić information content (AvgIpc) is 3.55. The zero-order valence-corrected chi connectivity index (χ0v) is 20.9. The van der Waals surface area contributed by atoms with Crippen molar-refractivity contribution in [1.29, 1.82) is 0 Å². The standard InChI is InChI=1S/C28H26ClN5O3/c29-22-3-1-19(2-4-22)13-31-28(36)25-17-34-16-21(15-33-6-5-30-18-33)23-11-20(12-24(26(23)34)27(25)35)14-32-7-9-37-10-8-32/h1-6,11-12,16-18H,7-10,13-15H2,(H,31,36). The Labute approximate surface area is 218 Å². The molecular formula is C28H26ClN5O3. The van der Waals surface area contributed by atoms with Crippen molar-refractivity contribution in [1.82, 2.24) is 24.2 Å². The van der Waals surface area contributed by atoms with E-state index in [1.54, 1.807) is 30.9 Å². The van der Waals surface area contributed by atoms with Crippen molar-refractivity contribution in [2.45, 2.75) is 19.6 Å². The first kappa shape index (κ1) is 23.7. The first-order valence-electron chi connectivity index (χ1n) is 12.3. The molecule has 1 fully saturated rings. The van der Waals surface area contributed by atoms with E-state index in [1.165, 1.54) is 0 Å². The number of benzene rings is 2. The summed E-state index contributed by atoms with van der Waals surface area (Å²) in [4.78, 5) is 33.3. The average molecular weight is 516 g/mol. The zero-order chi connectivity index (χ0) is 25.4. The summed E-state index contributed by atoms with van der Waals surface area (Å²) >= 11 is 5.96. The van der Waals surface area contributed by atoms with Crippen molar-refractivity contribution in [3.8, 4) is 0 Å². The first-order valence-corrected chi connectivity index (χ1v) is 12.6. The van der Waals surface area contributed by atoms with Gasteiger partial charge < -0.3 is 19.0 Å². The van der Waals surface area contributed by atoms with Crippen molar-refractivity contribution in [2.24, 2.45) is 0 Å². The lowest BCUT2D eigenvalue weighted by Gasteiger charge is -2.26. The summed E-state index contributed by atoms with van der Waals surface area (Å²) in [6.45, 7) is 4.75. The number of nitrogens with one attached hydrogen (secondary N) is 1. The number of amides is 1. The molecule has 8 nitrogen and oxygen atoms in total. The number of morpholine rings is 1. The zero-order valence-electron chi connectivity index (χ0n) is 20.2. The maximum atomic E-state index is 13.7. The predicted molar refractivity (Wildman–Crippen MR) is 142 cm³/mol. The van der Waals surface area contributed by atoms with E-state index in [9.17, 15) is 9.59 Å². The lowest BCUT2D eigenvalue weighted by Crippen LogP contribution is -2.35. The second kappa shape index (κ2) is 9.97. The van der Waals surface area contributed by atoms with Gasteiger partial charge in [0.15, 0.2) is 0 Å². The fourth-order valence-corrected chi connectivity index (χ4v) is 5.12. The Morgan fingerprint density at radius 3 is 2.57 bits per heavy atom. The number of carbonyl (C=O) groups excluding carboxylic acids is 1. The van der Waals surface area contributed by atoms with Gasteiger partial charge in [0.1, 0.15) is 5.56 Å². The van der Waals surface area contributed by atoms with Crippen molar-refractivity contribution < 1.29 is 9.53 Å². The van der Waals surface area contributed by atoms with Crippen molar-refractivity contribution in [3.63, 3.8) is 0 Å². The van der Waals surface area contributed by atoms with Gasteiger partial charge in [0.25, 0.3) is 5.91 Å². The largest absolute Gasteiger partial charge is 0.379 e. The minimum Gasteiger partial charge on any atom is -0.379 e. The van der Waals surface area contributed by atoms with Gasteiger partial charge in [0.2, 0.25) is 5.43 Å². The highest BCUT2D eigenvalue weighted by Crippen LogP contribution is 2.28. The van der Waals surface area contributed by atoms with Crippen LogP contribution in [0.5, 0.6) is 0 Å². The molecule has 1 aliphatic heterocycles. The lowest BCUT2D eigenvalue weighted by molar-refractivity contribution is 0.0342. The summed E-state index contributed by atoms with van der Waals surface area (Å²) in [5.74, 6) is -0.401. The number of halogens is 1. The first-order chi connectivity index (χ1) is 18.0. The number of rotatable bonds is 7. The number of hydrogen-bond donors (Lipinski definition) is 1. The van der Waals surface area contributed by atoms with Crippen molar-refractivity contribution in [2.75, 3.05) is 26.3 Å². The van der Waals surface area contributed by atoms with Crippen molar-refractivity contribution >= 4 is 33.8 Å². The maximum absolute atomic E-state index is 13.7. The smallest absolute Gasteiger partial charge is 0.257 e. The lowest BCUT2D eigenvalue weighted by atomic mass is 10.0. The van der Waals surface area contributed by atoms with Gasteiger partial charge in [-0.1, -0.05) is 23.7 Å². The summed E-state index contributed by atoms with van der Waals surface area (Å²) in [7, 11) is 0. The van der Waals surface area contributed by atoms with Gasteiger partial charge in [-0.15, -0.1) is 0 Å². The van der Waals surface area contributed by atoms with E-state index in [4.69, 9.17) is 16.3 Å². The molecule has 1 aliphatic rings. The Morgan fingerprint density at radius 1 is 1.03 bits per heavy atom. The van der Waals surface area contributed by atoms with Gasteiger partial charge in [0.05, 0.1) is 31.6 Å². The molecule has 3 aromatic heterocycles. The van der Waals surface area contributed by atoms with Crippen LogP contribution >= 0.6 is 11.6 Å². The van der Waals surface area contributed by atoms with E-state index in [2.05, 4.69) is 21.3 Å². The third-order valence-corrected chi connectivity index (χ3v) is 7.11. The number of aromatic nitrogens is 3. The van der Waals surface area contributed by atoms with Crippen LogP contribution in [0.15, 0.2) is 72.3 Å². The molecule has 0 unspecified atom stereocenters. The van der Waals surface area contributed by atoms with E-state index in [0.717, 1.165) is 47.2 Å². The Morgan fingerprint density at radius 2 is 1.81 bits per heavy atom. The molecule has 37 heavy (non-hydrogen) atoms. The third kappa shape index (κ3) is 4.83. The van der Waals surface area contributed by atoms with E-state index in [-0.39, 0.29) is 11.0 Å². The molecule has 0 spiro atoms. The molecule has 2 aromatic carbocycles. The van der Waals surface area contributed by atoms with Gasteiger partial charge in [0, 0.05) is 66.8 Å². The molecule has 9 heteroatoms. The molecule has 1 N–H and O–H groups in total. The van der Waals surface area contributed by atoms with Gasteiger partial charge in [-0.25, -0.2) is 4.98 Å². The monoisotopic (exact) mass is 515 g/mol. The molecule has 6 rings (SSSR count). The number of pyridine rings is 1. The summed E-state index contributed by atoms with van der Waals surface area (Å²) in [6, 6.07) is 11.4. The fourth-order valence-electron chi connectivity index (χ4n) is 4.99. The van der Waals surface area contributed by atoms with Crippen LogP contribution in [-0.2, 0) is 24.4 Å². The molecule has 1 saturated heterocycles. The molecular weight excluding hydrogens is 490 g/mol. The Bertz CT molecular complexity index is 1610. The molecule has 0 aliphatic carbocycles. The van der Waals surface area contributed by atoms with Crippen LogP contribution in [0.1, 0.15) is 27.0 Å². The maximum Gasteiger partial charge on any atom is 0.257 e. The molecule has 5 aromatic rings. The third-order valence-electron chi connectivity index (χ3n) is 6.86. The Kier molecular flexibility index (Phi) is 6.38. The van der Waals surface area contributed by atoms with E-state index >= 15 is 0 Å². The van der Waals surface area contributed by atoms with Crippen LogP contribution in [0.25, 0.3) is 16.3 Å². The second-order valence-electron chi connectivity index (χ2n) is 9.41. The highest BCUT2D eigenvalue weighted by atomic mass is 35.5. The highest BCUT2D eigenvalue weighted by Gasteiger charge is 2.20. The summed E-state index contributed by atoms with van der Waals surface area (Å²) in [5.41, 5.74) is 3.70. The quantitative estimate of drug-likeness (QED) is 0.358. The van der Waals surface area contributed by atoms with E-state index < -0.39 is 5.91 Å². The van der Waals surface area contributed by atoms with Crippen LogP contribution in [0.3, 0.4) is 0 Å². The minimum atomic E-state index is -0.401. The number of ether oxygens (including phenoxy) is 1. The summed E-state index contributed by atoms with van der Waals surface area (Å²) in [6.07, 6.45) is 9.09. The molecule has 188 valence electrons. The van der Waals surface area contributed by atoms with Gasteiger partial charge >= 0.3 is 0 Å². The van der Waals surface area contributed by atoms with Crippen LogP contribution in [-0.4, -0.2) is 51.1 Å². The number of nitrogens with zero attached hydrogens (tertiary/aromatic N) is 4. The van der Waals surface area contributed by atoms with Gasteiger partial charge in [-0.3, -0.25) is 14.5 Å². The highest BCUT2D eigenvalue weighted by molar-refractivity contribution is 6.30. The minimum absolute atomic E-state index is 0.121. The molecule has 0 radical (unpaired) electrons. The van der Waals surface area contributed by atoms with Crippen molar-refractivity contribution in [3.05, 3.63) is 105 Å². The Balaban J connectivity index is 1.40. The van der Waals surface area contributed by atoms with Crippen LogP contribution in [0, 0.1) is 0 Å². The second-order valence-corrected chi connectivity index (χ2v) is 9.84. The van der Waals surface area contributed by atoms with Crippen LogP contribution < -0.4 is 10.7 Å². The normalized spacial score (nSPS) is 14.5. The summed E-state index contributed by atoms with van der Waals surface area (Å²) in [5, 5.41) is 5.08. The predicted octanol–water partition coefficient (Wildman–Crippen LogP) is 3.55. The van der Waals surface area contributed by atoms with Gasteiger partial charge in [-0.2, -0.15) is 0 Å². The summed E-state index contributed by atoms with van der Waals surface area (Å²) < 4.78 is 9.40. The van der Waals surface area contributed by atoms with Crippen LogP contribution in [0.2, 0.25) is 5.02 Å². The van der Waals surface area contributed by atoms with Gasteiger partial charge in [-0.05, 0) is 41.0 Å². The SMILES string of the molecule is O=C(NCc1ccc(Cl)cc1)c1cn2cc(Cn3ccnc3)c3cc(CN4CCOCC4)cc(c1=O)c32. The molecule has 1 amide bonds. The van der Waals surface area contributed by atoms with E-state index in [1.807, 2.05) is 39.6 Å². The number of hydrogen-bond acceptors (Lipinski definition) is 5. The van der Waals surface area contributed by atoms with E-state index in [0.29, 0.717) is 36.7 Å².